The Morgan fingerprint density at radius 3 is 0.884 bits per heavy atom. The number of aromatic amines is 3. The van der Waals surface area contributed by atoms with Crippen molar-refractivity contribution in [1.82, 2.24) is 79.2 Å². The molecule has 12 amide bonds. The second-order valence-electron chi connectivity index (χ2n) is 35.1. The third kappa shape index (κ3) is 31.7. The van der Waals surface area contributed by atoms with Gasteiger partial charge in [-0.05, 0) is 183 Å². The van der Waals surface area contributed by atoms with Gasteiger partial charge in [0.1, 0.15) is 26.2 Å². The highest BCUT2D eigenvalue weighted by atomic mass is 16.2. The quantitative estimate of drug-likeness (QED) is 0.0162. The SMILES string of the molecule is C[C@@H](c1ccccc1)N(CC(N)=O)C(=O)CN(CCCCN)C(=O)CN(CCCCN)C(=O)CN(C(=O)CN(C(=O)CN(CCCCN)C(=O)CN(C(=O)CN(C(=O)CN(CCc1c[nH]cn1)C(=O)CN(CCc1c[nH]c2ccccc12)C(=O)CN(CCc1c[nH]c2ccccc12)C(=O)CNCCCCN)[C@@H](C)c1ccccc1)[C@@H](C)c1ccccc1)[C@@H](C)c1ccccc1)[C@@H](C)c1ccccc1. The number of H-pyrrole nitrogens is 3. The van der Waals surface area contributed by atoms with Crippen molar-refractivity contribution in [3.63, 3.8) is 0 Å². The molecule has 0 saturated heterocycles. The summed E-state index contributed by atoms with van der Waals surface area (Å²) >= 11 is 0. The minimum atomic E-state index is -0.864. The van der Waals surface area contributed by atoms with E-state index in [0.717, 1.165) is 51.3 Å². The Balaban J connectivity index is 0.942. The fraction of sp³-hybridized carbons (Fsp3) is 0.419. The molecule has 0 fully saturated rings. The Labute approximate surface area is 809 Å². The highest BCUT2D eigenvalue weighted by molar-refractivity contribution is 5.96. The van der Waals surface area contributed by atoms with Gasteiger partial charge in [0.05, 0.1) is 94.6 Å². The number of para-hydroxylation sites is 2. The van der Waals surface area contributed by atoms with E-state index in [0.29, 0.717) is 98.9 Å². The van der Waals surface area contributed by atoms with E-state index in [1.54, 1.807) is 126 Å². The van der Waals surface area contributed by atoms with Crippen molar-refractivity contribution in [2.45, 2.75) is 135 Å². The van der Waals surface area contributed by atoms with Crippen LogP contribution < -0.4 is 34.0 Å². The van der Waals surface area contributed by atoms with E-state index in [2.05, 4.69) is 25.3 Å². The monoisotopic (exact) mass is 1890 g/mol. The first-order chi connectivity index (χ1) is 66.8. The third-order valence-electron chi connectivity index (χ3n) is 25.5. The van der Waals surface area contributed by atoms with Crippen LogP contribution in [0.2, 0.25) is 0 Å². The molecular formula is C105H139N21O12. The van der Waals surface area contributed by atoms with Crippen LogP contribution in [0, 0.1) is 0 Å². The van der Waals surface area contributed by atoms with Crippen LogP contribution in [0.5, 0.6) is 0 Å². The molecule has 14 N–H and O–H groups in total. The lowest BCUT2D eigenvalue weighted by Gasteiger charge is -2.37. The summed E-state index contributed by atoms with van der Waals surface area (Å²) in [5, 5.41) is 5.14. The number of amides is 12. The fourth-order valence-corrected chi connectivity index (χ4v) is 17.1. The second-order valence-corrected chi connectivity index (χ2v) is 35.1. The van der Waals surface area contributed by atoms with Crippen molar-refractivity contribution >= 4 is 92.7 Å². The van der Waals surface area contributed by atoms with Gasteiger partial charge in [0.2, 0.25) is 70.9 Å². The average molecular weight is 1890 g/mol. The van der Waals surface area contributed by atoms with E-state index >= 15 is 38.4 Å². The van der Waals surface area contributed by atoms with Gasteiger partial charge in [-0.2, -0.15) is 0 Å². The van der Waals surface area contributed by atoms with Gasteiger partial charge in [0, 0.05) is 86.1 Å². The molecule has 0 aliphatic heterocycles. The van der Waals surface area contributed by atoms with Gasteiger partial charge in [0.15, 0.2) is 0 Å². The summed E-state index contributed by atoms with van der Waals surface area (Å²) in [7, 11) is 0. The molecule has 7 aromatic carbocycles. The molecule has 0 unspecified atom stereocenters. The zero-order valence-corrected chi connectivity index (χ0v) is 80.4. The number of nitrogens with zero attached hydrogens (tertiary/aromatic N) is 12. The highest BCUT2D eigenvalue weighted by Crippen LogP contribution is 2.30. The number of benzene rings is 7. The number of rotatable bonds is 59. The predicted octanol–water partition coefficient (Wildman–Crippen LogP) is 8.35. The number of carbonyl (C=O) groups excluding carboxylic acids is 12. The number of hydrogen-bond acceptors (Lipinski definition) is 18. The maximum Gasteiger partial charge on any atom is 0.243 e. The average Bonchev–Trinajstić information content (AvgIpc) is 1.80. The maximum atomic E-state index is 16.2. The maximum absolute atomic E-state index is 16.2. The molecule has 33 heteroatoms. The topological polar surface area (TPSA) is 443 Å². The minimum Gasteiger partial charge on any atom is -0.368 e. The van der Waals surface area contributed by atoms with Gasteiger partial charge >= 0.3 is 0 Å². The molecular weight excluding hydrogens is 1750 g/mol. The number of primary amides is 1. The largest absolute Gasteiger partial charge is 0.368 e. The Kier molecular flexibility index (Phi) is 42.7. The molecule has 3 heterocycles. The molecule has 3 aromatic heterocycles. The van der Waals surface area contributed by atoms with Crippen molar-refractivity contribution in [2.75, 3.05) is 151 Å². The lowest BCUT2D eigenvalue weighted by molar-refractivity contribution is -0.151. The summed E-state index contributed by atoms with van der Waals surface area (Å²) in [5.74, 6) is -7.32. The van der Waals surface area contributed by atoms with Crippen molar-refractivity contribution in [3.05, 3.63) is 270 Å². The van der Waals surface area contributed by atoms with Crippen LogP contribution in [0.15, 0.2) is 225 Å². The lowest BCUT2D eigenvalue weighted by atomic mass is 10.0. The fourth-order valence-electron chi connectivity index (χ4n) is 17.1. The van der Waals surface area contributed by atoms with Crippen LogP contribution in [-0.4, -0.2) is 295 Å². The number of fused-ring (bicyclic) bond motifs is 2. The molecule has 0 aliphatic carbocycles. The van der Waals surface area contributed by atoms with Crippen molar-refractivity contribution < 1.29 is 57.5 Å². The normalized spacial score (nSPS) is 12.3. The molecule has 10 aromatic rings. The van der Waals surface area contributed by atoms with Gasteiger partial charge < -0.3 is 103 Å². The second kappa shape index (κ2) is 55.5. The summed E-state index contributed by atoms with van der Waals surface area (Å²) in [6.07, 6.45) is 11.8. The first-order valence-corrected chi connectivity index (χ1v) is 48.0. The van der Waals surface area contributed by atoms with E-state index in [9.17, 15) is 19.2 Å². The van der Waals surface area contributed by atoms with Crippen molar-refractivity contribution in [2.24, 2.45) is 28.7 Å². The lowest BCUT2D eigenvalue weighted by Crippen LogP contribution is -2.54. The Hall–Kier alpha value is -13.7. The number of nitrogens with one attached hydrogen (secondary N) is 4. The number of aromatic nitrogens is 4. The molecule has 0 aliphatic rings. The van der Waals surface area contributed by atoms with E-state index in [4.69, 9.17) is 28.7 Å². The van der Waals surface area contributed by atoms with E-state index in [1.165, 1.54) is 60.2 Å². The van der Waals surface area contributed by atoms with Crippen LogP contribution in [0.1, 0.15) is 161 Å². The van der Waals surface area contributed by atoms with Crippen LogP contribution >= 0.6 is 0 Å². The number of unbranched alkanes of at least 4 members (excludes halogenated alkanes) is 4. The molecule has 33 nitrogen and oxygen atoms in total. The first kappa shape index (κ1) is 106. The highest BCUT2D eigenvalue weighted by Gasteiger charge is 2.38. The molecule has 0 saturated carbocycles. The van der Waals surface area contributed by atoms with E-state index in [1.807, 2.05) is 128 Å². The number of nitrogens with two attached hydrogens (primary N) is 5. The number of carbonyl (C=O) groups is 12. The minimum absolute atomic E-state index is 0.0267. The van der Waals surface area contributed by atoms with Crippen molar-refractivity contribution in [3.8, 4) is 0 Å². The van der Waals surface area contributed by atoms with Crippen molar-refractivity contribution in [1.29, 1.82) is 0 Å². The molecule has 0 radical (unpaired) electrons. The Morgan fingerprint density at radius 1 is 0.297 bits per heavy atom. The molecule has 0 spiro atoms. The summed E-state index contributed by atoms with van der Waals surface area (Å²) in [4.78, 5) is 212. The predicted molar refractivity (Wildman–Crippen MR) is 534 cm³/mol. The Bertz CT molecular complexity index is 5520. The van der Waals surface area contributed by atoms with Crippen LogP contribution in [0.4, 0.5) is 0 Å². The summed E-state index contributed by atoms with van der Waals surface area (Å²) in [6, 6.07) is 56.8. The van der Waals surface area contributed by atoms with E-state index in [-0.39, 0.29) is 77.8 Å². The van der Waals surface area contributed by atoms with Gasteiger partial charge in [-0.15, -0.1) is 0 Å². The van der Waals surface area contributed by atoms with Crippen LogP contribution in [0.3, 0.4) is 0 Å². The summed E-state index contributed by atoms with van der Waals surface area (Å²) in [6.45, 7) is 4.71. The molecule has 138 heavy (non-hydrogen) atoms. The molecule has 0 bridgehead atoms. The zero-order valence-electron chi connectivity index (χ0n) is 80.4. The smallest absolute Gasteiger partial charge is 0.243 e. The van der Waals surface area contributed by atoms with E-state index < -0.39 is 161 Å². The summed E-state index contributed by atoms with van der Waals surface area (Å²) in [5.41, 5.74) is 37.1. The third-order valence-corrected chi connectivity index (χ3v) is 25.5. The van der Waals surface area contributed by atoms with Gasteiger partial charge in [0.25, 0.3) is 0 Å². The van der Waals surface area contributed by atoms with Gasteiger partial charge in [-0.1, -0.05) is 188 Å². The molecule has 10 rings (SSSR count). The Morgan fingerprint density at radius 2 is 0.565 bits per heavy atom. The van der Waals surface area contributed by atoms with Crippen LogP contribution in [-0.2, 0) is 76.8 Å². The molecule has 736 valence electrons. The number of imidazole rings is 1. The molecule has 5 atom stereocenters. The summed E-state index contributed by atoms with van der Waals surface area (Å²) < 4.78 is 0. The number of hydrogen-bond donors (Lipinski definition) is 9. The van der Waals surface area contributed by atoms with Crippen LogP contribution in [0.25, 0.3) is 21.8 Å². The standard InChI is InChI=1S/C105H139N21O12/c1-77(82-33-11-6-12-34-82)122(65-94(110)127)101(134)69-117(56-31-27-52-108)96(129)66-116(55-30-26-51-107)99(132)72-123(78(2)83-35-13-7-14-36-83)104(137)74-125(80(4)85-39-17-9-18-40-85)102(135)70-118(57-32-28-53-109)100(133)73-124(79(3)84-37-15-8-16-38-84)105(138)75-126(81(5)86-41-19-10-20-42-86)103(136)71-121(60-49-89-63-112-76-115-89)98(131)68-120(59-48-88-62-114-93-46-24-22-44-91(88)93)97(130)67-119(95(128)64-111-54-29-25-50-106)58-47-87-61-113-92-45-23-21-43-90(87)92/h6-24,33-46,61-63,76-81,111,113-114H,25-32,47-60,64-75,106-109H2,1-5H3,(H2,110,127)(H,112,115)/t77-,78-,79-,80-,81-/m0/s1. The first-order valence-electron chi connectivity index (χ1n) is 48.0. The van der Waals surface area contributed by atoms with Gasteiger partial charge in [-0.3, -0.25) is 57.5 Å². The zero-order chi connectivity index (χ0) is 98.8. The van der Waals surface area contributed by atoms with Gasteiger partial charge in [-0.25, -0.2) is 4.98 Å².